The minimum atomic E-state index is -4.51. The average Bonchev–Trinajstić information content (AvgIpc) is 2.85. The summed E-state index contributed by atoms with van der Waals surface area (Å²) in [4.78, 5) is 19.1. The molecule has 3 aromatic carbocycles. The Morgan fingerprint density at radius 2 is 1.60 bits per heavy atom. The Bertz CT molecular complexity index is 1300. The first-order valence-corrected chi connectivity index (χ1v) is 10.8. The number of aromatic nitrogens is 1. The van der Waals surface area contributed by atoms with Gasteiger partial charge in [0.25, 0.3) is 5.91 Å². The molecule has 0 spiro atoms. The van der Waals surface area contributed by atoms with E-state index in [0.29, 0.717) is 17.9 Å². The highest BCUT2D eigenvalue weighted by molar-refractivity contribution is 6.03. The number of nitrogens with one attached hydrogen (secondary N) is 1. The predicted octanol–water partition coefficient (Wildman–Crippen LogP) is 6.78. The maximum absolute atomic E-state index is 13.1. The third kappa shape index (κ3) is 6.38. The van der Waals surface area contributed by atoms with Crippen molar-refractivity contribution >= 4 is 17.3 Å². The van der Waals surface area contributed by atoms with Crippen molar-refractivity contribution < 1.29 is 22.7 Å². The molecule has 0 saturated heterocycles. The number of carbonyl (C=O) groups is 1. The average molecular weight is 477 g/mol. The summed E-state index contributed by atoms with van der Waals surface area (Å²) in [6.45, 7) is 0.535. The molecule has 35 heavy (non-hydrogen) atoms. The van der Waals surface area contributed by atoms with Crippen molar-refractivity contribution in [2.24, 2.45) is 0 Å². The fraction of sp³-hybridized carbons (Fsp3) is 0.111. The molecule has 4 aromatic rings. The summed E-state index contributed by atoms with van der Waals surface area (Å²) in [5.74, 6) is -0.510. The molecule has 178 valence electrons. The molecule has 0 fully saturated rings. The third-order valence-electron chi connectivity index (χ3n) is 5.14. The molecular weight excluding hydrogens is 455 g/mol. The molecule has 0 unspecified atom stereocenters. The second-order valence-corrected chi connectivity index (χ2v) is 7.84. The molecule has 0 radical (unpaired) electrons. The third-order valence-corrected chi connectivity index (χ3v) is 5.14. The summed E-state index contributed by atoms with van der Waals surface area (Å²) in [5.41, 5.74) is 1.47. The van der Waals surface area contributed by atoms with Crippen LogP contribution in [0.3, 0.4) is 0 Å². The molecule has 1 amide bonds. The predicted molar refractivity (Wildman–Crippen MR) is 129 cm³/mol. The van der Waals surface area contributed by atoms with Crippen LogP contribution < -0.4 is 15.0 Å². The second-order valence-electron chi connectivity index (χ2n) is 7.84. The van der Waals surface area contributed by atoms with Crippen LogP contribution in [0.2, 0.25) is 0 Å². The van der Waals surface area contributed by atoms with Gasteiger partial charge in [0.05, 0.1) is 5.56 Å². The Morgan fingerprint density at radius 1 is 0.914 bits per heavy atom. The van der Waals surface area contributed by atoms with Crippen LogP contribution in [-0.2, 0) is 12.7 Å². The molecule has 5 nitrogen and oxygen atoms in total. The van der Waals surface area contributed by atoms with Crippen LogP contribution in [0.15, 0.2) is 97.1 Å². The Hall–Kier alpha value is -4.33. The van der Waals surface area contributed by atoms with Crippen molar-refractivity contribution in [3.63, 3.8) is 0 Å². The quantitative estimate of drug-likeness (QED) is 0.319. The zero-order valence-electron chi connectivity index (χ0n) is 18.8. The first kappa shape index (κ1) is 23.8. The van der Waals surface area contributed by atoms with E-state index in [1.54, 1.807) is 36.4 Å². The molecule has 0 aliphatic heterocycles. The van der Waals surface area contributed by atoms with Crippen molar-refractivity contribution in [1.29, 1.82) is 0 Å². The number of rotatable bonds is 7. The number of pyridine rings is 1. The van der Waals surface area contributed by atoms with E-state index in [1.807, 2.05) is 48.3 Å². The van der Waals surface area contributed by atoms with Gasteiger partial charge >= 0.3 is 6.18 Å². The van der Waals surface area contributed by atoms with E-state index in [2.05, 4.69) is 10.3 Å². The lowest BCUT2D eigenvalue weighted by molar-refractivity contribution is -0.137. The fourth-order valence-electron chi connectivity index (χ4n) is 3.40. The normalized spacial score (nSPS) is 11.1. The molecule has 0 aliphatic rings. The number of hydrogen-bond acceptors (Lipinski definition) is 4. The molecule has 0 atom stereocenters. The van der Waals surface area contributed by atoms with Crippen LogP contribution in [0, 0.1) is 0 Å². The second kappa shape index (κ2) is 10.3. The van der Waals surface area contributed by atoms with E-state index in [0.717, 1.165) is 17.7 Å². The largest absolute Gasteiger partial charge is 0.439 e. The Balaban J connectivity index is 1.66. The summed E-state index contributed by atoms with van der Waals surface area (Å²) in [6.07, 6.45) is -4.51. The summed E-state index contributed by atoms with van der Waals surface area (Å²) in [6, 6.07) is 26.3. The van der Waals surface area contributed by atoms with E-state index in [4.69, 9.17) is 4.74 Å². The number of amides is 1. The fourth-order valence-corrected chi connectivity index (χ4v) is 3.40. The van der Waals surface area contributed by atoms with Crippen molar-refractivity contribution in [3.8, 4) is 11.6 Å². The zero-order valence-corrected chi connectivity index (χ0v) is 18.8. The number of ether oxygens (including phenoxy) is 1. The van der Waals surface area contributed by atoms with Gasteiger partial charge in [0.15, 0.2) is 0 Å². The number of nitrogens with zero attached hydrogens (tertiary/aromatic N) is 2. The van der Waals surface area contributed by atoms with Crippen LogP contribution in [0.5, 0.6) is 11.6 Å². The maximum atomic E-state index is 13.1. The number of carbonyl (C=O) groups excluding carboxylic acids is 1. The van der Waals surface area contributed by atoms with Crippen LogP contribution in [-0.4, -0.2) is 17.9 Å². The number of anilines is 2. The molecule has 0 bridgehead atoms. The molecule has 0 aliphatic carbocycles. The van der Waals surface area contributed by atoms with E-state index in [-0.39, 0.29) is 17.3 Å². The molecular formula is C27H22F3N3O2. The van der Waals surface area contributed by atoms with E-state index in [1.165, 1.54) is 12.1 Å². The lowest BCUT2D eigenvalue weighted by atomic mass is 10.2. The Labute approximate surface area is 200 Å². The highest BCUT2D eigenvalue weighted by Crippen LogP contribution is 2.33. The standard InChI is InChI=1S/C27H22F3N3O2/c1-33(18-19-9-4-2-5-10-19)22-16-24(26(34)31-21-12-6-3-7-13-21)32-25(17-22)35-23-14-8-11-20(15-23)27(28,29)30/h2-17H,18H2,1H3,(H,31,34). The summed E-state index contributed by atoms with van der Waals surface area (Å²) in [5, 5.41) is 2.77. The van der Waals surface area contributed by atoms with Crippen molar-refractivity contribution in [1.82, 2.24) is 4.98 Å². The Morgan fingerprint density at radius 3 is 2.29 bits per heavy atom. The van der Waals surface area contributed by atoms with Crippen molar-refractivity contribution in [2.75, 3.05) is 17.3 Å². The van der Waals surface area contributed by atoms with Crippen LogP contribution in [0.25, 0.3) is 0 Å². The maximum Gasteiger partial charge on any atom is 0.416 e. The molecule has 4 rings (SSSR count). The number of alkyl halides is 3. The van der Waals surface area contributed by atoms with Gasteiger partial charge in [-0.3, -0.25) is 4.79 Å². The van der Waals surface area contributed by atoms with Crippen molar-refractivity contribution in [2.45, 2.75) is 12.7 Å². The monoisotopic (exact) mass is 477 g/mol. The first-order chi connectivity index (χ1) is 16.8. The summed E-state index contributed by atoms with van der Waals surface area (Å²) < 4.78 is 45.1. The highest BCUT2D eigenvalue weighted by atomic mass is 19.4. The summed E-state index contributed by atoms with van der Waals surface area (Å²) in [7, 11) is 1.84. The minimum absolute atomic E-state index is 0.0000483. The van der Waals surface area contributed by atoms with Gasteiger partial charge in [0.2, 0.25) is 5.88 Å². The van der Waals surface area contributed by atoms with E-state index < -0.39 is 17.6 Å². The van der Waals surface area contributed by atoms with Gasteiger partial charge in [-0.05, 0) is 42.0 Å². The smallest absolute Gasteiger partial charge is 0.416 e. The SMILES string of the molecule is CN(Cc1ccccc1)c1cc(Oc2cccc(C(F)(F)F)c2)nc(C(=O)Nc2ccccc2)c1. The van der Waals surface area contributed by atoms with Gasteiger partial charge in [-0.2, -0.15) is 13.2 Å². The first-order valence-electron chi connectivity index (χ1n) is 10.8. The summed E-state index contributed by atoms with van der Waals surface area (Å²) >= 11 is 0. The van der Waals surface area contributed by atoms with Crippen LogP contribution >= 0.6 is 0 Å². The van der Waals surface area contributed by atoms with Gasteiger partial charge in [-0.25, -0.2) is 4.98 Å². The molecule has 1 aromatic heterocycles. The van der Waals surface area contributed by atoms with Gasteiger partial charge < -0.3 is 15.0 Å². The number of hydrogen-bond donors (Lipinski definition) is 1. The Kier molecular flexibility index (Phi) is 7.01. The van der Waals surface area contributed by atoms with Gasteiger partial charge in [0, 0.05) is 31.0 Å². The molecule has 8 heteroatoms. The minimum Gasteiger partial charge on any atom is -0.439 e. The van der Waals surface area contributed by atoms with Gasteiger partial charge in [0.1, 0.15) is 11.4 Å². The van der Waals surface area contributed by atoms with Crippen molar-refractivity contribution in [3.05, 3.63) is 114 Å². The zero-order chi connectivity index (χ0) is 24.8. The topological polar surface area (TPSA) is 54.5 Å². The van der Waals surface area contributed by atoms with E-state index >= 15 is 0 Å². The number of para-hydroxylation sites is 1. The van der Waals surface area contributed by atoms with Crippen LogP contribution in [0.1, 0.15) is 21.6 Å². The van der Waals surface area contributed by atoms with Gasteiger partial charge in [-0.15, -0.1) is 0 Å². The molecule has 1 heterocycles. The number of benzene rings is 3. The molecule has 0 saturated carbocycles. The van der Waals surface area contributed by atoms with Crippen LogP contribution in [0.4, 0.5) is 24.5 Å². The lowest BCUT2D eigenvalue weighted by Crippen LogP contribution is -2.19. The number of halogens is 3. The van der Waals surface area contributed by atoms with E-state index in [9.17, 15) is 18.0 Å². The molecule has 1 N–H and O–H groups in total. The lowest BCUT2D eigenvalue weighted by Gasteiger charge is -2.21. The highest BCUT2D eigenvalue weighted by Gasteiger charge is 2.30. The van der Waals surface area contributed by atoms with Gasteiger partial charge in [-0.1, -0.05) is 54.6 Å².